The van der Waals surface area contributed by atoms with E-state index in [0.717, 1.165) is 25.7 Å². The summed E-state index contributed by atoms with van der Waals surface area (Å²) in [6.07, 6.45) is 25.0. The van der Waals surface area contributed by atoms with Crippen molar-refractivity contribution in [1.29, 1.82) is 0 Å². The Morgan fingerprint density at radius 2 is 0.826 bits per heavy atom. The summed E-state index contributed by atoms with van der Waals surface area (Å²) in [5, 5.41) is 3.13. The Hall–Kier alpha value is -6.13. The molecular formula is C58H70ClNO9. The lowest BCUT2D eigenvalue weighted by Gasteiger charge is -2.11. The summed E-state index contributed by atoms with van der Waals surface area (Å²) in [6, 6.07) is 30.2. The van der Waals surface area contributed by atoms with E-state index in [1.807, 2.05) is 0 Å². The molecule has 0 saturated heterocycles. The molecule has 69 heavy (non-hydrogen) atoms. The summed E-state index contributed by atoms with van der Waals surface area (Å²) in [4.78, 5) is 51.9. The first kappa shape index (κ1) is 53.8. The van der Waals surface area contributed by atoms with Gasteiger partial charge in [0, 0.05) is 11.3 Å². The van der Waals surface area contributed by atoms with Gasteiger partial charge in [-0.2, -0.15) is 0 Å². The highest BCUT2D eigenvalue weighted by Gasteiger charge is 2.16. The van der Waals surface area contributed by atoms with Crippen molar-refractivity contribution in [1.82, 2.24) is 0 Å². The second kappa shape index (κ2) is 31.1. The molecule has 0 aliphatic rings. The predicted molar refractivity (Wildman–Crippen MR) is 275 cm³/mol. The number of ether oxygens (including phenoxy) is 5. The van der Waals surface area contributed by atoms with Gasteiger partial charge < -0.3 is 29.0 Å². The Morgan fingerprint density at radius 3 is 1.33 bits per heavy atom. The van der Waals surface area contributed by atoms with Gasteiger partial charge in [-0.15, -0.1) is 0 Å². The number of amides is 1. The van der Waals surface area contributed by atoms with Gasteiger partial charge in [0.25, 0.3) is 5.91 Å². The molecule has 5 aromatic rings. The molecule has 0 unspecified atom stereocenters. The van der Waals surface area contributed by atoms with E-state index >= 15 is 0 Å². The minimum absolute atomic E-state index is 0.162. The van der Waals surface area contributed by atoms with Gasteiger partial charge in [-0.3, -0.25) is 4.79 Å². The van der Waals surface area contributed by atoms with Crippen LogP contribution in [0.4, 0.5) is 5.69 Å². The first-order valence-electron chi connectivity index (χ1n) is 25.2. The standard InChI is InChI=1S/C58H70ClNO9/c1-3-5-7-9-11-13-15-17-19-21-40-65-49-33-26-44(27-34-49)56(62)67-50-35-28-45(29-36-50)57(63)69-52-25-23-24-46(42-52)55(61)60-48-31-37-51(38-32-48)68-58(64)47-30-39-54(53(59)43-47)66-41-22-20-18-16-14-12-10-8-6-4-2/h23-39,42-43H,3-22,40-41H2,1-2H3,(H,60,61). The zero-order chi connectivity index (χ0) is 48.9. The normalized spacial score (nSPS) is 10.9. The van der Waals surface area contributed by atoms with E-state index in [-0.39, 0.29) is 33.9 Å². The summed E-state index contributed by atoms with van der Waals surface area (Å²) < 4.78 is 28.4. The Bertz CT molecular complexity index is 2310. The lowest BCUT2D eigenvalue weighted by molar-refractivity contribution is 0.0723. The van der Waals surface area contributed by atoms with Crippen molar-refractivity contribution in [3.8, 4) is 28.7 Å². The van der Waals surface area contributed by atoms with Crippen LogP contribution in [-0.4, -0.2) is 37.0 Å². The Morgan fingerprint density at radius 1 is 0.406 bits per heavy atom. The third kappa shape index (κ3) is 20.2. The van der Waals surface area contributed by atoms with E-state index in [0.29, 0.717) is 41.0 Å². The fourth-order valence-corrected chi connectivity index (χ4v) is 7.89. The second-order valence-corrected chi connectivity index (χ2v) is 17.8. The van der Waals surface area contributed by atoms with Crippen LogP contribution in [0.1, 0.15) is 184 Å². The van der Waals surface area contributed by atoms with Gasteiger partial charge in [0.15, 0.2) is 0 Å². The van der Waals surface area contributed by atoms with E-state index in [1.165, 1.54) is 139 Å². The molecule has 0 atom stereocenters. The molecule has 0 aliphatic heterocycles. The lowest BCUT2D eigenvalue weighted by Crippen LogP contribution is -2.13. The van der Waals surface area contributed by atoms with Crippen LogP contribution in [0.15, 0.2) is 115 Å². The average molecular weight is 961 g/mol. The molecule has 5 rings (SSSR count). The highest BCUT2D eigenvalue weighted by molar-refractivity contribution is 6.32. The number of anilines is 1. The Balaban J connectivity index is 0.986. The molecule has 1 N–H and O–H groups in total. The van der Waals surface area contributed by atoms with Crippen molar-refractivity contribution in [2.45, 2.75) is 142 Å². The Labute approximate surface area is 414 Å². The number of halogens is 1. The number of carbonyl (C=O) groups is 4. The molecule has 0 heterocycles. The first-order valence-corrected chi connectivity index (χ1v) is 25.5. The number of hydrogen-bond acceptors (Lipinski definition) is 9. The summed E-state index contributed by atoms with van der Waals surface area (Å²) in [6.45, 7) is 5.68. The number of nitrogens with one attached hydrogen (secondary N) is 1. The summed E-state index contributed by atoms with van der Waals surface area (Å²) in [7, 11) is 0. The smallest absolute Gasteiger partial charge is 0.343 e. The molecule has 0 radical (unpaired) electrons. The van der Waals surface area contributed by atoms with Gasteiger partial charge in [0.2, 0.25) is 0 Å². The summed E-state index contributed by atoms with van der Waals surface area (Å²) in [5.41, 5.74) is 1.57. The van der Waals surface area contributed by atoms with E-state index < -0.39 is 23.8 Å². The number of unbranched alkanes of at least 4 members (excludes halogenated alkanes) is 18. The van der Waals surface area contributed by atoms with Gasteiger partial charge in [-0.25, -0.2) is 14.4 Å². The molecule has 10 nitrogen and oxygen atoms in total. The van der Waals surface area contributed by atoms with Crippen LogP contribution >= 0.6 is 11.6 Å². The predicted octanol–water partition coefficient (Wildman–Crippen LogP) is 15.8. The van der Waals surface area contributed by atoms with Crippen molar-refractivity contribution in [2.75, 3.05) is 18.5 Å². The maximum absolute atomic E-state index is 13.2. The summed E-state index contributed by atoms with van der Waals surface area (Å²) in [5.74, 6) is -0.294. The molecular weight excluding hydrogens is 890 g/mol. The van der Waals surface area contributed by atoms with Gasteiger partial charge >= 0.3 is 17.9 Å². The van der Waals surface area contributed by atoms with Crippen molar-refractivity contribution < 1.29 is 42.9 Å². The number of carbonyl (C=O) groups excluding carboxylic acids is 4. The fourth-order valence-electron chi connectivity index (χ4n) is 7.65. The van der Waals surface area contributed by atoms with E-state index in [9.17, 15) is 19.2 Å². The monoisotopic (exact) mass is 959 g/mol. The van der Waals surface area contributed by atoms with E-state index in [2.05, 4.69) is 19.2 Å². The zero-order valence-corrected chi connectivity index (χ0v) is 41.3. The average Bonchev–Trinajstić information content (AvgIpc) is 3.36. The molecule has 368 valence electrons. The van der Waals surface area contributed by atoms with E-state index in [4.69, 9.17) is 35.3 Å². The van der Waals surface area contributed by atoms with Crippen LogP contribution in [-0.2, 0) is 0 Å². The minimum Gasteiger partial charge on any atom is -0.494 e. The molecule has 0 saturated carbocycles. The molecule has 1 amide bonds. The van der Waals surface area contributed by atoms with Crippen LogP contribution in [0.3, 0.4) is 0 Å². The minimum atomic E-state index is -0.657. The molecule has 0 aliphatic carbocycles. The lowest BCUT2D eigenvalue weighted by atomic mass is 10.1. The molecule has 0 bridgehead atoms. The SMILES string of the molecule is CCCCCCCCCCCCOc1ccc(C(=O)Oc2ccc(C(=O)Oc3cccc(C(=O)Nc4ccc(OC(=O)c5ccc(OCCCCCCCCCCCC)c(Cl)c5)cc4)c3)cc2)cc1. The van der Waals surface area contributed by atoms with E-state index in [1.54, 1.807) is 78.9 Å². The van der Waals surface area contributed by atoms with Gasteiger partial charge in [-0.1, -0.05) is 147 Å². The topological polar surface area (TPSA) is 126 Å². The number of hydrogen-bond donors (Lipinski definition) is 1. The van der Waals surface area contributed by atoms with Crippen LogP contribution in [0, 0.1) is 0 Å². The zero-order valence-electron chi connectivity index (χ0n) is 40.6. The van der Waals surface area contributed by atoms with Crippen LogP contribution in [0.25, 0.3) is 0 Å². The second-order valence-electron chi connectivity index (χ2n) is 17.4. The van der Waals surface area contributed by atoms with Crippen LogP contribution < -0.4 is 29.0 Å². The van der Waals surface area contributed by atoms with Crippen LogP contribution in [0.2, 0.25) is 5.02 Å². The van der Waals surface area contributed by atoms with Crippen molar-refractivity contribution >= 4 is 41.1 Å². The van der Waals surface area contributed by atoms with Crippen LogP contribution in [0.5, 0.6) is 28.7 Å². The van der Waals surface area contributed by atoms with Crippen molar-refractivity contribution in [2.24, 2.45) is 0 Å². The first-order chi connectivity index (χ1) is 33.7. The number of rotatable bonds is 32. The maximum Gasteiger partial charge on any atom is 0.343 e. The maximum atomic E-state index is 13.2. The number of esters is 3. The third-order valence-electron chi connectivity index (χ3n) is 11.7. The Kier molecular flexibility index (Phi) is 24.2. The third-order valence-corrected chi connectivity index (χ3v) is 12.0. The number of benzene rings is 5. The molecule has 0 spiro atoms. The molecule has 0 aromatic heterocycles. The fraction of sp³-hybridized carbons (Fsp3) is 0.414. The van der Waals surface area contributed by atoms with Crippen molar-refractivity contribution in [3.05, 3.63) is 143 Å². The van der Waals surface area contributed by atoms with Gasteiger partial charge in [0.05, 0.1) is 34.9 Å². The quantitative estimate of drug-likeness (QED) is 0.0255. The highest BCUT2D eigenvalue weighted by Crippen LogP contribution is 2.28. The largest absolute Gasteiger partial charge is 0.494 e. The molecule has 0 fully saturated rings. The van der Waals surface area contributed by atoms with Gasteiger partial charge in [-0.05, 0) is 122 Å². The summed E-state index contributed by atoms with van der Waals surface area (Å²) >= 11 is 6.44. The van der Waals surface area contributed by atoms with Crippen molar-refractivity contribution in [3.63, 3.8) is 0 Å². The molecule has 5 aromatic carbocycles. The molecule has 11 heteroatoms. The van der Waals surface area contributed by atoms with Gasteiger partial charge in [0.1, 0.15) is 28.7 Å². The highest BCUT2D eigenvalue weighted by atomic mass is 35.5.